The average Bonchev–Trinajstić information content (AvgIpc) is 3.00. The van der Waals surface area contributed by atoms with Gasteiger partial charge in [0.05, 0.1) is 24.9 Å². The normalized spacial score (nSPS) is 15.3. The molecule has 1 atom stereocenters. The Hall–Kier alpha value is -3.25. The SMILES string of the molecule is COc1ccc(OC)c(N[C@H]2c3ccccc3C(=O)N2c2ccc(Cl)cn2)c1. The first-order valence-electron chi connectivity index (χ1n) is 8.65. The Morgan fingerprint density at radius 2 is 1.89 bits per heavy atom. The van der Waals surface area contributed by atoms with E-state index in [2.05, 4.69) is 10.3 Å². The molecule has 0 bridgehead atoms. The molecule has 1 N–H and O–H groups in total. The molecule has 2 aromatic carbocycles. The van der Waals surface area contributed by atoms with Gasteiger partial charge in [0, 0.05) is 23.4 Å². The summed E-state index contributed by atoms with van der Waals surface area (Å²) in [5.41, 5.74) is 2.18. The Balaban J connectivity index is 1.80. The van der Waals surface area contributed by atoms with E-state index in [-0.39, 0.29) is 5.91 Å². The highest BCUT2D eigenvalue weighted by Gasteiger charge is 2.38. The van der Waals surface area contributed by atoms with E-state index in [9.17, 15) is 4.79 Å². The molecule has 1 amide bonds. The second-order valence-electron chi connectivity index (χ2n) is 6.21. The molecule has 1 aliphatic heterocycles. The quantitative estimate of drug-likeness (QED) is 0.688. The minimum absolute atomic E-state index is 0.134. The van der Waals surface area contributed by atoms with Crippen molar-refractivity contribution in [1.29, 1.82) is 0 Å². The fourth-order valence-corrected chi connectivity index (χ4v) is 3.39. The molecule has 28 heavy (non-hydrogen) atoms. The number of ether oxygens (including phenoxy) is 2. The molecule has 4 rings (SSSR count). The molecule has 0 aliphatic carbocycles. The van der Waals surface area contributed by atoms with Gasteiger partial charge < -0.3 is 14.8 Å². The van der Waals surface area contributed by atoms with Crippen molar-refractivity contribution in [2.45, 2.75) is 6.17 Å². The van der Waals surface area contributed by atoms with Crippen LogP contribution in [0, 0.1) is 0 Å². The summed E-state index contributed by atoms with van der Waals surface area (Å²) in [6.07, 6.45) is 1.06. The maximum absolute atomic E-state index is 13.1. The molecule has 2 heterocycles. The highest BCUT2D eigenvalue weighted by molar-refractivity contribution is 6.30. The van der Waals surface area contributed by atoms with Crippen molar-refractivity contribution < 1.29 is 14.3 Å². The minimum Gasteiger partial charge on any atom is -0.497 e. The third-order valence-electron chi connectivity index (χ3n) is 4.62. The number of benzene rings is 2. The Kier molecular flexibility index (Phi) is 4.79. The lowest BCUT2D eigenvalue weighted by Gasteiger charge is -2.27. The average molecular weight is 396 g/mol. The van der Waals surface area contributed by atoms with Crippen LogP contribution in [0.5, 0.6) is 11.5 Å². The Bertz CT molecular complexity index is 1020. The van der Waals surface area contributed by atoms with Crippen LogP contribution in [0.1, 0.15) is 22.1 Å². The van der Waals surface area contributed by atoms with Gasteiger partial charge in [-0.3, -0.25) is 9.69 Å². The van der Waals surface area contributed by atoms with E-state index >= 15 is 0 Å². The number of fused-ring (bicyclic) bond motifs is 1. The van der Waals surface area contributed by atoms with E-state index in [1.54, 1.807) is 31.3 Å². The summed E-state index contributed by atoms with van der Waals surface area (Å²) in [6.45, 7) is 0. The van der Waals surface area contributed by atoms with Crippen LogP contribution in [-0.4, -0.2) is 25.1 Å². The van der Waals surface area contributed by atoms with Crippen LogP contribution in [0.25, 0.3) is 0 Å². The molecule has 1 aromatic heterocycles. The first-order valence-corrected chi connectivity index (χ1v) is 9.03. The smallest absolute Gasteiger partial charge is 0.261 e. The van der Waals surface area contributed by atoms with E-state index < -0.39 is 6.17 Å². The standard InChI is InChI=1S/C21H18ClN3O3/c1-27-14-8-9-18(28-2)17(11-14)24-20-15-5-3-4-6-16(15)21(26)25(20)19-10-7-13(22)12-23-19/h3-12,20,24H,1-2H3/t20-/m1/s1. The summed E-state index contributed by atoms with van der Waals surface area (Å²) >= 11 is 5.97. The predicted molar refractivity (Wildman–Crippen MR) is 108 cm³/mol. The van der Waals surface area contributed by atoms with Gasteiger partial charge in [0.25, 0.3) is 5.91 Å². The maximum Gasteiger partial charge on any atom is 0.261 e. The van der Waals surface area contributed by atoms with E-state index in [1.807, 2.05) is 42.5 Å². The highest BCUT2D eigenvalue weighted by Crippen LogP contribution is 2.40. The molecule has 0 saturated heterocycles. The summed E-state index contributed by atoms with van der Waals surface area (Å²) < 4.78 is 10.8. The zero-order chi connectivity index (χ0) is 19.7. The number of halogens is 1. The predicted octanol–water partition coefficient (Wildman–Crippen LogP) is 4.52. The Morgan fingerprint density at radius 1 is 1.07 bits per heavy atom. The van der Waals surface area contributed by atoms with E-state index in [0.29, 0.717) is 33.6 Å². The monoisotopic (exact) mass is 395 g/mol. The number of hydrogen-bond acceptors (Lipinski definition) is 5. The number of nitrogens with zero attached hydrogens (tertiary/aromatic N) is 2. The molecule has 1 aliphatic rings. The number of rotatable bonds is 5. The number of nitrogens with one attached hydrogen (secondary N) is 1. The molecular weight excluding hydrogens is 378 g/mol. The number of aromatic nitrogens is 1. The molecule has 0 radical (unpaired) electrons. The molecule has 6 nitrogen and oxygen atoms in total. The minimum atomic E-state index is -0.460. The molecule has 0 fully saturated rings. The summed E-state index contributed by atoms with van der Waals surface area (Å²) in [6, 6.07) is 16.4. The van der Waals surface area contributed by atoms with Crippen LogP contribution >= 0.6 is 11.6 Å². The van der Waals surface area contributed by atoms with Crippen molar-refractivity contribution in [3.05, 3.63) is 76.9 Å². The molecule has 7 heteroatoms. The number of carbonyl (C=O) groups is 1. The summed E-state index contributed by atoms with van der Waals surface area (Å²) in [4.78, 5) is 19.1. The van der Waals surface area contributed by atoms with Gasteiger partial charge in [-0.25, -0.2) is 4.98 Å². The lowest BCUT2D eigenvalue weighted by atomic mass is 10.1. The van der Waals surface area contributed by atoms with Crippen molar-refractivity contribution in [1.82, 2.24) is 4.98 Å². The molecule has 0 spiro atoms. The maximum atomic E-state index is 13.1. The van der Waals surface area contributed by atoms with Crippen LogP contribution < -0.4 is 19.7 Å². The number of pyridine rings is 1. The first-order chi connectivity index (χ1) is 13.6. The van der Waals surface area contributed by atoms with Crippen LogP contribution in [0.3, 0.4) is 0 Å². The van der Waals surface area contributed by atoms with Crippen molar-refractivity contribution in [3.63, 3.8) is 0 Å². The van der Waals surface area contributed by atoms with E-state index in [0.717, 1.165) is 5.56 Å². The van der Waals surface area contributed by atoms with Crippen molar-refractivity contribution in [2.75, 3.05) is 24.4 Å². The van der Waals surface area contributed by atoms with Crippen molar-refractivity contribution in [3.8, 4) is 11.5 Å². The topological polar surface area (TPSA) is 63.7 Å². The van der Waals surface area contributed by atoms with Crippen LogP contribution in [0.15, 0.2) is 60.8 Å². The molecule has 142 valence electrons. The van der Waals surface area contributed by atoms with Crippen LogP contribution in [-0.2, 0) is 0 Å². The van der Waals surface area contributed by atoms with Gasteiger partial charge in [-0.1, -0.05) is 29.8 Å². The second-order valence-corrected chi connectivity index (χ2v) is 6.65. The van der Waals surface area contributed by atoms with Gasteiger partial charge in [-0.05, 0) is 30.3 Å². The van der Waals surface area contributed by atoms with Crippen LogP contribution in [0.2, 0.25) is 5.02 Å². The molecular formula is C21H18ClN3O3. The number of hydrogen-bond donors (Lipinski definition) is 1. The third-order valence-corrected chi connectivity index (χ3v) is 4.84. The van der Waals surface area contributed by atoms with Gasteiger partial charge in [0.15, 0.2) is 0 Å². The Labute approximate surface area is 167 Å². The fraction of sp³-hybridized carbons (Fsp3) is 0.143. The molecule has 0 saturated carbocycles. The van der Waals surface area contributed by atoms with Gasteiger partial charge in [-0.2, -0.15) is 0 Å². The summed E-state index contributed by atoms with van der Waals surface area (Å²) in [7, 11) is 3.20. The molecule has 3 aromatic rings. The summed E-state index contributed by atoms with van der Waals surface area (Å²) in [5.74, 6) is 1.69. The van der Waals surface area contributed by atoms with Crippen LogP contribution in [0.4, 0.5) is 11.5 Å². The summed E-state index contributed by atoms with van der Waals surface area (Å²) in [5, 5.41) is 3.92. The largest absolute Gasteiger partial charge is 0.497 e. The third kappa shape index (κ3) is 3.12. The van der Waals surface area contributed by atoms with Gasteiger partial charge in [-0.15, -0.1) is 0 Å². The number of carbonyl (C=O) groups excluding carboxylic acids is 1. The lowest BCUT2D eigenvalue weighted by Crippen LogP contribution is -2.33. The number of amides is 1. The second kappa shape index (κ2) is 7.40. The molecule has 0 unspecified atom stereocenters. The highest BCUT2D eigenvalue weighted by atomic mass is 35.5. The van der Waals surface area contributed by atoms with Gasteiger partial charge in [0.1, 0.15) is 23.5 Å². The van der Waals surface area contributed by atoms with Gasteiger partial charge >= 0.3 is 0 Å². The number of anilines is 2. The fourth-order valence-electron chi connectivity index (χ4n) is 3.28. The zero-order valence-corrected chi connectivity index (χ0v) is 16.1. The van der Waals surface area contributed by atoms with Crippen molar-refractivity contribution >= 4 is 29.0 Å². The Morgan fingerprint density at radius 3 is 2.61 bits per heavy atom. The lowest BCUT2D eigenvalue weighted by molar-refractivity contribution is 0.0992. The van der Waals surface area contributed by atoms with Gasteiger partial charge in [0.2, 0.25) is 0 Å². The van der Waals surface area contributed by atoms with E-state index in [1.165, 1.54) is 6.20 Å². The van der Waals surface area contributed by atoms with E-state index in [4.69, 9.17) is 21.1 Å². The number of methoxy groups -OCH3 is 2. The zero-order valence-electron chi connectivity index (χ0n) is 15.3. The first kappa shape index (κ1) is 18.1. The van der Waals surface area contributed by atoms with Crippen molar-refractivity contribution in [2.24, 2.45) is 0 Å².